The molecule has 0 aliphatic rings. The van der Waals surface area contributed by atoms with E-state index in [1.54, 1.807) is 6.07 Å². The molecule has 1 aromatic carbocycles. The molecule has 6 nitrogen and oxygen atoms in total. The fraction of sp³-hybridized carbons (Fsp3) is 0.381. The van der Waals surface area contributed by atoms with Gasteiger partial charge >= 0.3 is 0 Å². The summed E-state index contributed by atoms with van der Waals surface area (Å²) in [6.07, 6.45) is 0. The average Bonchev–Trinajstić information content (AvgIpc) is 2.98. The Kier molecular flexibility index (Phi) is 4.46. The van der Waals surface area contributed by atoms with Gasteiger partial charge in [0.05, 0.1) is 16.8 Å². The summed E-state index contributed by atoms with van der Waals surface area (Å²) in [4.78, 5) is 27.7. The predicted octanol–water partition coefficient (Wildman–Crippen LogP) is 4.03. The molecule has 0 saturated carbocycles. The Morgan fingerprint density at radius 1 is 1.07 bits per heavy atom. The van der Waals surface area contributed by atoms with Crippen LogP contribution in [0.4, 0.5) is 5.82 Å². The van der Waals surface area contributed by atoms with Crippen LogP contribution >= 0.6 is 0 Å². The topological polar surface area (TPSA) is 79.8 Å². The van der Waals surface area contributed by atoms with Gasteiger partial charge in [-0.25, -0.2) is 4.68 Å². The van der Waals surface area contributed by atoms with Crippen molar-refractivity contribution in [3.05, 3.63) is 58.0 Å². The van der Waals surface area contributed by atoms with Crippen LogP contribution in [-0.2, 0) is 11.0 Å². The minimum absolute atomic E-state index is 0.146. The number of fused-ring (bicyclic) bond motifs is 1. The maximum absolute atomic E-state index is 13.0. The minimum Gasteiger partial charge on any atom is -0.322 e. The van der Waals surface area contributed by atoms with E-state index in [9.17, 15) is 9.59 Å². The van der Waals surface area contributed by atoms with Gasteiger partial charge < -0.3 is 10.3 Å². The van der Waals surface area contributed by atoms with Crippen molar-refractivity contribution in [1.29, 1.82) is 0 Å². The molecule has 0 aliphatic carbocycles. The number of hydrogen-bond donors (Lipinski definition) is 2. The highest BCUT2D eigenvalue weighted by atomic mass is 16.2. The van der Waals surface area contributed by atoms with E-state index in [0.29, 0.717) is 22.3 Å². The lowest BCUT2D eigenvalue weighted by Gasteiger charge is -2.23. The smallest absolute Gasteiger partial charge is 0.257 e. The average molecular weight is 366 g/mol. The van der Waals surface area contributed by atoms with Gasteiger partial charge in [0.1, 0.15) is 5.82 Å². The van der Waals surface area contributed by atoms with E-state index in [4.69, 9.17) is 5.10 Å². The van der Waals surface area contributed by atoms with Crippen LogP contribution in [0.25, 0.3) is 10.9 Å². The lowest BCUT2D eigenvalue weighted by Crippen LogP contribution is -2.27. The molecule has 0 bridgehead atoms. The van der Waals surface area contributed by atoms with Crippen molar-refractivity contribution in [2.45, 2.75) is 52.5 Å². The van der Waals surface area contributed by atoms with Crippen LogP contribution in [0.1, 0.15) is 57.6 Å². The summed E-state index contributed by atoms with van der Waals surface area (Å²) in [7, 11) is 0. The summed E-state index contributed by atoms with van der Waals surface area (Å²) in [5.41, 5.74) is 1.11. The Balaban J connectivity index is 2.07. The highest BCUT2D eigenvalue weighted by Crippen LogP contribution is 2.28. The number of aromatic amines is 1. The van der Waals surface area contributed by atoms with E-state index >= 15 is 0 Å². The molecule has 0 aliphatic heterocycles. The second-order valence-electron chi connectivity index (χ2n) is 8.79. The number of pyridine rings is 1. The Morgan fingerprint density at radius 2 is 1.74 bits per heavy atom. The molecule has 2 aromatic heterocycles. The van der Waals surface area contributed by atoms with Crippen molar-refractivity contribution >= 4 is 22.6 Å². The van der Waals surface area contributed by atoms with Crippen molar-refractivity contribution in [3.63, 3.8) is 0 Å². The van der Waals surface area contributed by atoms with Crippen LogP contribution in [0.2, 0.25) is 0 Å². The standard InChI is InChI=1S/C21H26N4O2/c1-20(2,3)16-12-17(25(24-16)21(4,5)6)23-19(27)14-11-18(26)22-15-10-8-7-9-13(14)15/h7-12H,1-6H3,(H,22,26)(H,23,27). The van der Waals surface area contributed by atoms with Crippen molar-refractivity contribution in [3.8, 4) is 0 Å². The summed E-state index contributed by atoms with van der Waals surface area (Å²) < 4.78 is 1.82. The first-order valence-electron chi connectivity index (χ1n) is 9.01. The second kappa shape index (κ2) is 6.37. The maximum atomic E-state index is 13.0. The first kappa shape index (κ1) is 18.9. The molecule has 3 rings (SSSR count). The highest BCUT2D eigenvalue weighted by Gasteiger charge is 2.26. The molecular formula is C21H26N4O2. The summed E-state index contributed by atoms with van der Waals surface area (Å²) in [6, 6.07) is 10.5. The number of anilines is 1. The lowest BCUT2D eigenvalue weighted by molar-refractivity contribution is 0.102. The minimum atomic E-state index is -0.330. The fourth-order valence-electron chi connectivity index (χ4n) is 2.92. The normalized spacial score (nSPS) is 12.4. The molecule has 1 amide bonds. The quantitative estimate of drug-likeness (QED) is 0.718. The van der Waals surface area contributed by atoms with Crippen LogP contribution in [0.15, 0.2) is 41.2 Å². The summed E-state index contributed by atoms with van der Waals surface area (Å²) >= 11 is 0. The zero-order valence-corrected chi connectivity index (χ0v) is 16.7. The Bertz CT molecular complexity index is 1060. The SMILES string of the molecule is CC(C)(C)c1cc(NC(=O)c2cc(=O)[nH]c3ccccc23)n(C(C)(C)C)n1. The highest BCUT2D eigenvalue weighted by molar-refractivity contribution is 6.12. The van der Waals surface area contributed by atoms with E-state index < -0.39 is 0 Å². The van der Waals surface area contributed by atoms with E-state index in [1.807, 2.05) is 49.7 Å². The first-order chi connectivity index (χ1) is 12.5. The van der Waals surface area contributed by atoms with Crippen molar-refractivity contribution in [2.24, 2.45) is 0 Å². The van der Waals surface area contributed by atoms with E-state index in [1.165, 1.54) is 6.07 Å². The third-order valence-corrected chi connectivity index (χ3v) is 4.35. The lowest BCUT2D eigenvalue weighted by atomic mass is 9.92. The zero-order chi connectivity index (χ0) is 20.0. The molecular weight excluding hydrogens is 340 g/mol. The number of amides is 1. The first-order valence-corrected chi connectivity index (χ1v) is 9.01. The van der Waals surface area contributed by atoms with Crippen LogP contribution in [-0.4, -0.2) is 20.7 Å². The van der Waals surface area contributed by atoms with Gasteiger partial charge in [0, 0.05) is 28.5 Å². The summed E-state index contributed by atoms with van der Waals surface area (Å²) in [6.45, 7) is 12.3. The molecule has 0 saturated heterocycles. The number of carbonyl (C=O) groups excluding carboxylic acids is 1. The third-order valence-electron chi connectivity index (χ3n) is 4.35. The number of benzene rings is 1. The van der Waals surface area contributed by atoms with E-state index in [0.717, 1.165) is 5.69 Å². The van der Waals surface area contributed by atoms with E-state index in [-0.39, 0.29) is 22.4 Å². The zero-order valence-electron chi connectivity index (χ0n) is 16.7. The number of para-hydroxylation sites is 1. The molecule has 0 fully saturated rings. The van der Waals surface area contributed by atoms with Crippen molar-refractivity contribution < 1.29 is 4.79 Å². The predicted molar refractivity (Wildman–Crippen MR) is 108 cm³/mol. The number of nitrogens with zero attached hydrogens (tertiary/aromatic N) is 2. The molecule has 0 radical (unpaired) electrons. The summed E-state index contributed by atoms with van der Waals surface area (Å²) in [5.74, 6) is 0.282. The molecule has 2 N–H and O–H groups in total. The van der Waals surface area contributed by atoms with Crippen molar-refractivity contribution in [1.82, 2.24) is 14.8 Å². The molecule has 6 heteroatoms. The fourth-order valence-corrected chi connectivity index (χ4v) is 2.92. The van der Waals surface area contributed by atoms with Gasteiger partial charge in [0.2, 0.25) is 5.56 Å². The van der Waals surface area contributed by atoms with Crippen LogP contribution < -0.4 is 10.9 Å². The van der Waals surface area contributed by atoms with Gasteiger partial charge in [0.25, 0.3) is 5.91 Å². The van der Waals surface area contributed by atoms with Gasteiger partial charge in [0.15, 0.2) is 0 Å². The Labute approximate surface area is 158 Å². The largest absolute Gasteiger partial charge is 0.322 e. The molecule has 2 heterocycles. The maximum Gasteiger partial charge on any atom is 0.257 e. The molecule has 3 aromatic rings. The molecule has 142 valence electrons. The van der Waals surface area contributed by atoms with Gasteiger partial charge in [-0.3, -0.25) is 9.59 Å². The Hall–Kier alpha value is -2.89. The molecule has 27 heavy (non-hydrogen) atoms. The number of aromatic nitrogens is 3. The number of nitrogens with one attached hydrogen (secondary N) is 2. The van der Waals surface area contributed by atoms with Crippen LogP contribution in [0.3, 0.4) is 0 Å². The van der Waals surface area contributed by atoms with Crippen LogP contribution in [0, 0.1) is 0 Å². The van der Waals surface area contributed by atoms with Gasteiger partial charge in [-0.05, 0) is 26.8 Å². The number of hydrogen-bond acceptors (Lipinski definition) is 3. The molecule has 0 unspecified atom stereocenters. The molecule has 0 atom stereocenters. The third kappa shape index (κ3) is 3.79. The number of rotatable bonds is 2. The van der Waals surface area contributed by atoms with Gasteiger partial charge in [-0.15, -0.1) is 0 Å². The number of H-pyrrole nitrogens is 1. The van der Waals surface area contributed by atoms with Gasteiger partial charge in [-0.2, -0.15) is 5.10 Å². The Morgan fingerprint density at radius 3 is 2.37 bits per heavy atom. The second-order valence-corrected chi connectivity index (χ2v) is 8.79. The monoisotopic (exact) mass is 366 g/mol. The van der Waals surface area contributed by atoms with Gasteiger partial charge in [-0.1, -0.05) is 39.0 Å². The van der Waals surface area contributed by atoms with Crippen LogP contribution in [0.5, 0.6) is 0 Å². The van der Waals surface area contributed by atoms with E-state index in [2.05, 4.69) is 31.1 Å². The summed E-state index contributed by atoms with van der Waals surface area (Å²) in [5, 5.41) is 8.37. The number of carbonyl (C=O) groups is 1. The molecule has 0 spiro atoms. The van der Waals surface area contributed by atoms with Crippen molar-refractivity contribution in [2.75, 3.05) is 5.32 Å².